The van der Waals surface area contributed by atoms with Gasteiger partial charge in [-0.1, -0.05) is 0 Å². The van der Waals surface area contributed by atoms with Gasteiger partial charge in [0.2, 0.25) is 11.8 Å². The molecule has 23 heavy (non-hydrogen) atoms. The Morgan fingerprint density at radius 2 is 2.00 bits per heavy atom. The summed E-state index contributed by atoms with van der Waals surface area (Å²) in [6.45, 7) is -1.09. The zero-order chi connectivity index (χ0) is 15.9. The van der Waals surface area contributed by atoms with Crippen LogP contribution < -0.4 is 15.8 Å². The van der Waals surface area contributed by atoms with Crippen molar-refractivity contribution in [3.8, 4) is 5.88 Å². The fourth-order valence-corrected chi connectivity index (χ4v) is 1.26. The molecule has 0 aliphatic carbocycles. The number of nitrogens with one attached hydrogen (secondary N) is 1. The Hall–Kier alpha value is -1.32. The summed E-state index contributed by atoms with van der Waals surface area (Å²) in [5.74, 6) is -4.74. The topological polar surface area (TPSA) is 77.2 Å². The van der Waals surface area contributed by atoms with Crippen LogP contribution in [0.15, 0.2) is 18.3 Å². The maximum absolute atomic E-state index is 12.6. The summed E-state index contributed by atoms with van der Waals surface area (Å²) in [5, 5.41) is 2.51. The largest absolute Gasteiger partial charge is 0.471 e. The molecule has 11 heteroatoms. The first kappa shape index (κ1) is 23.9. The summed E-state index contributed by atoms with van der Waals surface area (Å²) < 4.78 is 53.6. The van der Waals surface area contributed by atoms with Crippen molar-refractivity contribution in [1.82, 2.24) is 4.98 Å². The summed E-state index contributed by atoms with van der Waals surface area (Å²) in [7, 11) is 0. The van der Waals surface area contributed by atoms with Crippen molar-refractivity contribution >= 4 is 36.4 Å². The molecule has 0 saturated heterocycles. The number of pyridine rings is 1. The van der Waals surface area contributed by atoms with Gasteiger partial charge in [0.05, 0.1) is 11.9 Å². The predicted octanol–water partition coefficient (Wildman–Crippen LogP) is 2.88. The Morgan fingerprint density at radius 3 is 2.48 bits per heavy atom. The van der Waals surface area contributed by atoms with Crippen LogP contribution in [-0.4, -0.2) is 36.4 Å². The second-order valence-electron chi connectivity index (χ2n) is 4.18. The molecule has 0 aromatic carbocycles. The minimum atomic E-state index is -4.24. The third kappa shape index (κ3) is 8.77. The molecule has 1 heterocycles. The Labute approximate surface area is 142 Å². The van der Waals surface area contributed by atoms with Crippen molar-refractivity contribution in [1.29, 1.82) is 0 Å². The number of ether oxygens (including phenoxy) is 1. The lowest BCUT2D eigenvalue weighted by atomic mass is 10.3. The maximum atomic E-state index is 12.6. The number of halogens is 6. The molecule has 0 fully saturated rings. The van der Waals surface area contributed by atoms with Crippen LogP contribution in [-0.2, 0) is 4.79 Å². The lowest BCUT2D eigenvalue weighted by Gasteiger charge is -2.15. The van der Waals surface area contributed by atoms with E-state index in [1.54, 1.807) is 0 Å². The molecule has 0 atom stereocenters. The summed E-state index contributed by atoms with van der Waals surface area (Å²) in [6.07, 6.45) is -1.85. The van der Waals surface area contributed by atoms with E-state index in [0.717, 1.165) is 0 Å². The van der Waals surface area contributed by atoms with Gasteiger partial charge in [-0.15, -0.1) is 24.8 Å². The van der Waals surface area contributed by atoms with Crippen molar-refractivity contribution in [3.05, 3.63) is 18.3 Å². The van der Waals surface area contributed by atoms with Crippen LogP contribution in [0.4, 0.5) is 23.2 Å². The van der Waals surface area contributed by atoms with Crippen molar-refractivity contribution in [2.75, 3.05) is 18.5 Å². The molecule has 1 aromatic rings. The Balaban J connectivity index is 0. The Bertz CT molecular complexity index is 464. The molecule has 1 aromatic heterocycles. The van der Waals surface area contributed by atoms with Crippen LogP contribution in [0.3, 0.4) is 0 Å². The number of hydrogen-bond donors (Lipinski definition) is 2. The maximum Gasteiger partial charge on any atom is 0.340 e. The standard InChI is InChI=1S/C12H15F4N3O2.2ClH/c13-11(14)12(15,16)7-21-10-4-3-8(6-18-10)19-9(20)2-1-5-17;;/h3-4,6,11H,1-2,5,7,17H2,(H,19,20);2*1H. The normalized spacial score (nSPS) is 10.5. The number of rotatable bonds is 8. The fourth-order valence-electron chi connectivity index (χ4n) is 1.26. The van der Waals surface area contributed by atoms with E-state index in [1.807, 2.05) is 0 Å². The molecular weight excluding hydrogens is 365 g/mol. The number of aromatic nitrogens is 1. The molecule has 0 bridgehead atoms. The van der Waals surface area contributed by atoms with E-state index in [-0.39, 0.29) is 43.0 Å². The number of amides is 1. The van der Waals surface area contributed by atoms with E-state index in [0.29, 0.717) is 18.7 Å². The van der Waals surface area contributed by atoms with Gasteiger partial charge < -0.3 is 15.8 Å². The lowest BCUT2D eigenvalue weighted by molar-refractivity contribution is -0.148. The number of carbonyl (C=O) groups is 1. The first-order chi connectivity index (χ1) is 9.85. The highest BCUT2D eigenvalue weighted by molar-refractivity contribution is 5.90. The number of carbonyl (C=O) groups excluding carboxylic acids is 1. The highest BCUT2D eigenvalue weighted by atomic mass is 35.5. The Kier molecular flexibility index (Phi) is 11.7. The van der Waals surface area contributed by atoms with Gasteiger partial charge in [-0.3, -0.25) is 4.79 Å². The van der Waals surface area contributed by atoms with Gasteiger partial charge in [-0.2, -0.15) is 8.78 Å². The summed E-state index contributed by atoms with van der Waals surface area (Å²) in [6, 6.07) is 2.56. The zero-order valence-electron chi connectivity index (χ0n) is 11.8. The first-order valence-corrected chi connectivity index (χ1v) is 6.10. The van der Waals surface area contributed by atoms with Crippen LogP contribution in [0.25, 0.3) is 0 Å². The number of nitrogens with zero attached hydrogens (tertiary/aromatic N) is 1. The van der Waals surface area contributed by atoms with Gasteiger partial charge in [0, 0.05) is 12.5 Å². The predicted molar refractivity (Wildman–Crippen MR) is 82.1 cm³/mol. The van der Waals surface area contributed by atoms with Crippen LogP contribution >= 0.6 is 24.8 Å². The molecule has 0 unspecified atom stereocenters. The second kappa shape index (κ2) is 11.3. The first-order valence-electron chi connectivity index (χ1n) is 6.10. The van der Waals surface area contributed by atoms with Gasteiger partial charge in [0.1, 0.15) is 0 Å². The SMILES string of the molecule is Cl.Cl.NCCCC(=O)Nc1ccc(OCC(F)(F)C(F)F)nc1. The molecular formula is C12H17Cl2F4N3O2. The van der Waals surface area contributed by atoms with Gasteiger partial charge in [0.25, 0.3) is 0 Å². The monoisotopic (exact) mass is 381 g/mol. The smallest absolute Gasteiger partial charge is 0.340 e. The van der Waals surface area contributed by atoms with E-state index >= 15 is 0 Å². The van der Waals surface area contributed by atoms with Crippen LogP contribution in [0.1, 0.15) is 12.8 Å². The van der Waals surface area contributed by atoms with E-state index in [1.165, 1.54) is 18.3 Å². The number of anilines is 1. The molecule has 3 N–H and O–H groups in total. The summed E-state index contributed by atoms with van der Waals surface area (Å²) in [5.41, 5.74) is 5.59. The molecule has 0 aliphatic rings. The van der Waals surface area contributed by atoms with Gasteiger partial charge >= 0.3 is 12.3 Å². The van der Waals surface area contributed by atoms with Gasteiger partial charge in [-0.05, 0) is 19.0 Å². The van der Waals surface area contributed by atoms with Gasteiger partial charge in [0.15, 0.2) is 6.61 Å². The van der Waals surface area contributed by atoms with Crippen LogP contribution in [0, 0.1) is 0 Å². The van der Waals surface area contributed by atoms with E-state index in [2.05, 4.69) is 15.0 Å². The average molecular weight is 382 g/mol. The summed E-state index contributed by atoms with van der Waals surface area (Å²) in [4.78, 5) is 15.0. The van der Waals surface area contributed by atoms with Crippen molar-refractivity contribution in [2.45, 2.75) is 25.2 Å². The van der Waals surface area contributed by atoms with Crippen LogP contribution in [0.2, 0.25) is 0 Å². The fraction of sp³-hybridized carbons (Fsp3) is 0.500. The molecule has 0 aliphatic heterocycles. The van der Waals surface area contributed by atoms with Crippen molar-refractivity contribution < 1.29 is 27.1 Å². The number of alkyl halides is 4. The Morgan fingerprint density at radius 1 is 1.35 bits per heavy atom. The summed E-state index contributed by atoms with van der Waals surface area (Å²) >= 11 is 0. The van der Waals surface area contributed by atoms with E-state index < -0.39 is 19.0 Å². The van der Waals surface area contributed by atoms with E-state index in [9.17, 15) is 22.4 Å². The van der Waals surface area contributed by atoms with Gasteiger partial charge in [-0.25, -0.2) is 13.8 Å². The minimum absolute atomic E-state index is 0. The molecule has 1 amide bonds. The average Bonchev–Trinajstić information content (AvgIpc) is 2.44. The second-order valence-corrected chi connectivity index (χ2v) is 4.18. The van der Waals surface area contributed by atoms with E-state index in [4.69, 9.17) is 5.73 Å². The highest BCUT2D eigenvalue weighted by Gasteiger charge is 2.41. The molecule has 0 spiro atoms. The molecule has 134 valence electrons. The third-order valence-electron chi connectivity index (χ3n) is 2.36. The molecule has 0 radical (unpaired) electrons. The highest BCUT2D eigenvalue weighted by Crippen LogP contribution is 2.24. The number of nitrogens with two attached hydrogens (primary N) is 1. The molecule has 1 rings (SSSR count). The third-order valence-corrected chi connectivity index (χ3v) is 2.36. The van der Waals surface area contributed by atoms with Crippen LogP contribution in [0.5, 0.6) is 5.88 Å². The minimum Gasteiger partial charge on any atom is -0.471 e. The molecule has 5 nitrogen and oxygen atoms in total. The van der Waals surface area contributed by atoms with Crippen molar-refractivity contribution in [3.63, 3.8) is 0 Å². The number of hydrogen-bond acceptors (Lipinski definition) is 4. The van der Waals surface area contributed by atoms with Crippen molar-refractivity contribution in [2.24, 2.45) is 5.73 Å². The molecule has 0 saturated carbocycles. The quantitative estimate of drug-likeness (QED) is 0.678. The zero-order valence-corrected chi connectivity index (χ0v) is 13.4. The lowest BCUT2D eigenvalue weighted by Crippen LogP contribution is -2.33.